The smallest absolute Gasteiger partial charge is 0.127 e. The molecule has 4 heteroatoms. The number of ether oxygens (including phenoxy) is 1. The van der Waals surface area contributed by atoms with Crippen LogP contribution in [0.15, 0.2) is 18.2 Å². The summed E-state index contributed by atoms with van der Waals surface area (Å²) in [7, 11) is 1.89. The van der Waals surface area contributed by atoms with Crippen LogP contribution in [0.2, 0.25) is 5.02 Å². The normalized spacial score (nSPS) is 14.4. The van der Waals surface area contributed by atoms with Crippen LogP contribution in [0.4, 0.5) is 4.39 Å². The molecule has 1 aromatic carbocycles. The number of rotatable bonds is 8. The molecule has 0 radical (unpaired) electrons. The van der Waals surface area contributed by atoms with E-state index in [4.69, 9.17) is 16.3 Å². The summed E-state index contributed by atoms with van der Waals surface area (Å²) in [5.41, 5.74) is 0.671. The molecule has 108 valence electrons. The second kappa shape index (κ2) is 8.51. The maximum absolute atomic E-state index is 13.8. The fourth-order valence-electron chi connectivity index (χ4n) is 2.24. The Balaban J connectivity index is 2.78. The number of hydrogen-bond donors (Lipinski definition) is 1. The molecule has 0 saturated heterocycles. The van der Waals surface area contributed by atoms with E-state index in [-0.39, 0.29) is 18.0 Å². The van der Waals surface area contributed by atoms with Crippen molar-refractivity contribution < 1.29 is 9.13 Å². The van der Waals surface area contributed by atoms with Crippen LogP contribution in [0.5, 0.6) is 0 Å². The molecule has 2 nitrogen and oxygen atoms in total. The van der Waals surface area contributed by atoms with Gasteiger partial charge in [0, 0.05) is 17.7 Å². The van der Waals surface area contributed by atoms with E-state index in [9.17, 15) is 4.39 Å². The summed E-state index contributed by atoms with van der Waals surface area (Å²) in [6.07, 6.45) is 2.72. The van der Waals surface area contributed by atoms with Crippen molar-refractivity contribution in [1.82, 2.24) is 5.32 Å². The summed E-state index contributed by atoms with van der Waals surface area (Å²) < 4.78 is 19.6. The van der Waals surface area contributed by atoms with Crippen LogP contribution in [0.1, 0.15) is 32.3 Å². The maximum Gasteiger partial charge on any atom is 0.127 e. The van der Waals surface area contributed by atoms with Gasteiger partial charge in [-0.25, -0.2) is 4.39 Å². The lowest BCUT2D eigenvalue weighted by Gasteiger charge is -2.27. The second-order valence-corrected chi connectivity index (χ2v) is 5.05. The monoisotopic (exact) mass is 287 g/mol. The van der Waals surface area contributed by atoms with Crippen molar-refractivity contribution >= 4 is 11.6 Å². The first-order chi connectivity index (χ1) is 9.12. The van der Waals surface area contributed by atoms with Crippen molar-refractivity contribution in [3.63, 3.8) is 0 Å². The largest absolute Gasteiger partial charge is 0.377 e. The number of hydrogen-bond acceptors (Lipinski definition) is 2. The Morgan fingerprint density at radius 2 is 2.11 bits per heavy atom. The molecule has 0 spiro atoms. The summed E-state index contributed by atoms with van der Waals surface area (Å²) in [4.78, 5) is 0. The zero-order valence-electron chi connectivity index (χ0n) is 11.9. The Bertz CT molecular complexity index is 380. The quantitative estimate of drug-likeness (QED) is 0.785. The standard InChI is InChI=1S/C15H23ClFNO/c1-4-6-15(19-5-2)14(18-3)9-11-7-8-12(16)10-13(11)17/h7-8,10,14-15,18H,4-6,9H2,1-3H3. The molecular weight excluding hydrogens is 265 g/mol. The molecule has 0 aliphatic heterocycles. The van der Waals surface area contributed by atoms with Gasteiger partial charge in [0.15, 0.2) is 0 Å². The fourth-order valence-corrected chi connectivity index (χ4v) is 2.40. The SMILES string of the molecule is CCCC(OCC)C(Cc1ccc(Cl)cc1F)NC. The highest BCUT2D eigenvalue weighted by Gasteiger charge is 2.21. The van der Waals surface area contributed by atoms with Gasteiger partial charge in [0.05, 0.1) is 6.10 Å². The number of halogens is 2. The Labute approximate surface area is 120 Å². The summed E-state index contributed by atoms with van der Waals surface area (Å²) in [6, 6.07) is 4.94. The first-order valence-electron chi connectivity index (χ1n) is 6.85. The van der Waals surface area contributed by atoms with E-state index in [2.05, 4.69) is 12.2 Å². The van der Waals surface area contributed by atoms with E-state index in [1.807, 2.05) is 14.0 Å². The Morgan fingerprint density at radius 3 is 2.63 bits per heavy atom. The molecule has 2 atom stereocenters. The number of likely N-dealkylation sites (N-methyl/N-ethyl adjacent to an activating group) is 1. The highest BCUT2D eigenvalue weighted by molar-refractivity contribution is 6.30. The van der Waals surface area contributed by atoms with E-state index in [0.29, 0.717) is 23.6 Å². The minimum Gasteiger partial charge on any atom is -0.377 e. The van der Waals surface area contributed by atoms with Crippen molar-refractivity contribution in [2.24, 2.45) is 0 Å². The van der Waals surface area contributed by atoms with Gasteiger partial charge in [-0.2, -0.15) is 0 Å². The Morgan fingerprint density at radius 1 is 1.37 bits per heavy atom. The van der Waals surface area contributed by atoms with Crippen LogP contribution in [-0.4, -0.2) is 25.8 Å². The zero-order valence-corrected chi connectivity index (χ0v) is 12.6. The van der Waals surface area contributed by atoms with E-state index in [1.54, 1.807) is 12.1 Å². The van der Waals surface area contributed by atoms with Crippen molar-refractivity contribution in [3.05, 3.63) is 34.6 Å². The van der Waals surface area contributed by atoms with Gasteiger partial charge >= 0.3 is 0 Å². The number of benzene rings is 1. The molecule has 0 heterocycles. The van der Waals surface area contributed by atoms with Crippen LogP contribution in [-0.2, 0) is 11.2 Å². The van der Waals surface area contributed by atoms with Crippen LogP contribution >= 0.6 is 11.6 Å². The minimum atomic E-state index is -0.250. The molecule has 0 fully saturated rings. The lowest BCUT2D eigenvalue weighted by Crippen LogP contribution is -2.41. The van der Waals surface area contributed by atoms with Crippen LogP contribution < -0.4 is 5.32 Å². The Hall–Kier alpha value is -0.640. The first kappa shape index (κ1) is 16.4. The molecule has 1 aromatic rings. The third-order valence-corrected chi connectivity index (χ3v) is 3.46. The van der Waals surface area contributed by atoms with Gasteiger partial charge in [-0.15, -0.1) is 0 Å². The van der Waals surface area contributed by atoms with Crippen LogP contribution in [0.25, 0.3) is 0 Å². The maximum atomic E-state index is 13.8. The van der Waals surface area contributed by atoms with Crippen molar-refractivity contribution in [2.45, 2.75) is 45.3 Å². The summed E-state index contributed by atoms with van der Waals surface area (Å²) in [6.45, 7) is 4.78. The zero-order chi connectivity index (χ0) is 14.3. The highest BCUT2D eigenvalue weighted by atomic mass is 35.5. The lowest BCUT2D eigenvalue weighted by molar-refractivity contribution is 0.0299. The lowest BCUT2D eigenvalue weighted by atomic mass is 9.98. The molecule has 19 heavy (non-hydrogen) atoms. The van der Waals surface area contributed by atoms with Gasteiger partial charge in [-0.05, 0) is 44.5 Å². The first-order valence-corrected chi connectivity index (χ1v) is 7.22. The molecule has 1 rings (SSSR count). The molecule has 0 saturated carbocycles. The van der Waals surface area contributed by atoms with E-state index >= 15 is 0 Å². The van der Waals surface area contributed by atoms with Gasteiger partial charge in [0.25, 0.3) is 0 Å². The van der Waals surface area contributed by atoms with E-state index in [1.165, 1.54) is 6.07 Å². The van der Waals surface area contributed by atoms with Crippen LogP contribution in [0.3, 0.4) is 0 Å². The van der Waals surface area contributed by atoms with Gasteiger partial charge in [-0.3, -0.25) is 0 Å². The van der Waals surface area contributed by atoms with Crippen LogP contribution in [0, 0.1) is 5.82 Å². The van der Waals surface area contributed by atoms with Gasteiger partial charge < -0.3 is 10.1 Å². The fraction of sp³-hybridized carbons (Fsp3) is 0.600. The third kappa shape index (κ3) is 5.09. The Kier molecular flexibility index (Phi) is 7.36. The molecular formula is C15H23ClFNO. The number of nitrogens with one attached hydrogen (secondary N) is 1. The second-order valence-electron chi connectivity index (χ2n) is 4.62. The summed E-state index contributed by atoms with van der Waals surface area (Å²) in [5, 5.41) is 3.67. The third-order valence-electron chi connectivity index (χ3n) is 3.23. The van der Waals surface area contributed by atoms with Gasteiger partial charge in [0.1, 0.15) is 5.82 Å². The molecule has 1 N–H and O–H groups in total. The molecule has 0 amide bonds. The van der Waals surface area contributed by atoms with E-state index < -0.39 is 0 Å². The highest BCUT2D eigenvalue weighted by Crippen LogP contribution is 2.18. The average molecular weight is 288 g/mol. The van der Waals surface area contributed by atoms with Crippen molar-refractivity contribution in [2.75, 3.05) is 13.7 Å². The predicted octanol–water partition coefficient (Wildman–Crippen LogP) is 3.81. The van der Waals surface area contributed by atoms with Gasteiger partial charge in [-0.1, -0.05) is 31.0 Å². The van der Waals surface area contributed by atoms with Crippen molar-refractivity contribution in [1.29, 1.82) is 0 Å². The van der Waals surface area contributed by atoms with Crippen molar-refractivity contribution in [3.8, 4) is 0 Å². The summed E-state index contributed by atoms with van der Waals surface area (Å²) >= 11 is 5.77. The van der Waals surface area contributed by atoms with Gasteiger partial charge in [0.2, 0.25) is 0 Å². The predicted molar refractivity (Wildman–Crippen MR) is 78.3 cm³/mol. The molecule has 0 aliphatic rings. The minimum absolute atomic E-state index is 0.107. The molecule has 2 unspecified atom stereocenters. The average Bonchev–Trinajstić information content (AvgIpc) is 2.38. The topological polar surface area (TPSA) is 21.3 Å². The molecule has 0 aliphatic carbocycles. The molecule has 0 aromatic heterocycles. The van der Waals surface area contributed by atoms with E-state index in [0.717, 1.165) is 12.8 Å². The molecule has 0 bridgehead atoms. The summed E-state index contributed by atoms with van der Waals surface area (Å²) in [5.74, 6) is -0.250.